The predicted octanol–water partition coefficient (Wildman–Crippen LogP) is 1.68. The lowest BCUT2D eigenvalue weighted by Crippen LogP contribution is -2.37. The number of nitrogens with one attached hydrogen (secondary N) is 1. The Morgan fingerprint density at radius 3 is 2.68 bits per heavy atom. The zero-order chi connectivity index (χ0) is 14.1. The van der Waals surface area contributed by atoms with Crippen molar-refractivity contribution in [3.05, 3.63) is 35.4 Å². The van der Waals surface area contributed by atoms with Crippen molar-refractivity contribution in [1.82, 2.24) is 5.32 Å². The zero-order valence-corrected chi connectivity index (χ0v) is 11.7. The van der Waals surface area contributed by atoms with Crippen molar-refractivity contribution in [3.8, 4) is 6.07 Å². The van der Waals surface area contributed by atoms with E-state index in [9.17, 15) is 4.79 Å². The number of aliphatic hydroxyl groups is 1. The van der Waals surface area contributed by atoms with Crippen molar-refractivity contribution < 1.29 is 9.90 Å². The van der Waals surface area contributed by atoms with E-state index in [1.54, 1.807) is 12.1 Å². The smallest absolute Gasteiger partial charge is 0.230 e. The van der Waals surface area contributed by atoms with Gasteiger partial charge in [0.2, 0.25) is 5.91 Å². The summed E-state index contributed by atoms with van der Waals surface area (Å²) in [5.74, 6) is 1.05. The molecule has 0 aromatic heterocycles. The van der Waals surface area contributed by atoms with Crippen LogP contribution in [0.25, 0.3) is 0 Å². The molecule has 4 nitrogen and oxygen atoms in total. The van der Waals surface area contributed by atoms with Crippen molar-refractivity contribution >= 4 is 17.7 Å². The number of amides is 1. The van der Waals surface area contributed by atoms with Gasteiger partial charge in [-0.1, -0.05) is 19.1 Å². The van der Waals surface area contributed by atoms with E-state index in [0.717, 1.165) is 17.7 Å². The third kappa shape index (κ3) is 5.77. The van der Waals surface area contributed by atoms with Crippen LogP contribution in [0.1, 0.15) is 24.5 Å². The first kappa shape index (κ1) is 15.5. The van der Waals surface area contributed by atoms with Crippen LogP contribution in [0.5, 0.6) is 0 Å². The second-order valence-electron chi connectivity index (χ2n) is 4.16. The Balaban J connectivity index is 2.29. The van der Waals surface area contributed by atoms with Crippen LogP contribution in [0.2, 0.25) is 0 Å². The van der Waals surface area contributed by atoms with Gasteiger partial charge in [-0.2, -0.15) is 5.26 Å². The van der Waals surface area contributed by atoms with Gasteiger partial charge in [-0.05, 0) is 24.1 Å². The molecular formula is C14H18N2O2S. The lowest BCUT2D eigenvalue weighted by Gasteiger charge is -2.13. The molecule has 2 N–H and O–H groups in total. The second-order valence-corrected chi connectivity index (χ2v) is 5.14. The Labute approximate surface area is 117 Å². The average Bonchev–Trinajstić information content (AvgIpc) is 2.45. The molecule has 1 amide bonds. The number of thioether (sulfide) groups is 1. The molecule has 0 aliphatic heterocycles. The highest BCUT2D eigenvalue weighted by Crippen LogP contribution is 2.12. The molecular weight excluding hydrogens is 260 g/mol. The molecule has 1 rings (SSSR count). The fourth-order valence-electron chi connectivity index (χ4n) is 1.48. The molecule has 1 unspecified atom stereocenters. The first-order valence-corrected chi connectivity index (χ1v) is 7.32. The van der Waals surface area contributed by atoms with Crippen molar-refractivity contribution in [3.63, 3.8) is 0 Å². The van der Waals surface area contributed by atoms with Gasteiger partial charge < -0.3 is 10.4 Å². The maximum absolute atomic E-state index is 11.6. The summed E-state index contributed by atoms with van der Waals surface area (Å²) in [5.41, 5.74) is 1.73. The Hall–Kier alpha value is -1.51. The van der Waals surface area contributed by atoms with E-state index < -0.39 is 0 Å². The number of carbonyl (C=O) groups excluding carboxylic acids is 1. The molecule has 1 atom stereocenters. The molecule has 0 radical (unpaired) electrons. The van der Waals surface area contributed by atoms with E-state index in [1.165, 1.54) is 11.8 Å². The van der Waals surface area contributed by atoms with E-state index >= 15 is 0 Å². The molecule has 0 spiro atoms. The lowest BCUT2D eigenvalue weighted by molar-refractivity contribution is -0.119. The largest absolute Gasteiger partial charge is 0.394 e. The summed E-state index contributed by atoms with van der Waals surface area (Å²) in [5, 5.41) is 20.4. The van der Waals surface area contributed by atoms with Crippen LogP contribution >= 0.6 is 11.8 Å². The summed E-state index contributed by atoms with van der Waals surface area (Å²) >= 11 is 1.51. The maximum Gasteiger partial charge on any atom is 0.230 e. The summed E-state index contributed by atoms with van der Waals surface area (Å²) in [6, 6.07) is 9.25. The van der Waals surface area contributed by atoms with E-state index in [0.29, 0.717) is 11.3 Å². The Morgan fingerprint density at radius 1 is 1.47 bits per heavy atom. The standard InChI is InChI=1S/C14H18N2O2S/c1-2-13(8-17)16-14(18)10-19-9-12-5-3-11(7-15)4-6-12/h3-6,13,17H,2,8-10H2,1H3,(H,16,18). The summed E-state index contributed by atoms with van der Waals surface area (Å²) in [6.45, 7) is 1.90. The highest BCUT2D eigenvalue weighted by molar-refractivity contribution is 7.99. The Morgan fingerprint density at radius 2 is 2.16 bits per heavy atom. The first-order chi connectivity index (χ1) is 9.19. The first-order valence-electron chi connectivity index (χ1n) is 6.16. The van der Waals surface area contributed by atoms with Crippen LogP contribution in [0, 0.1) is 11.3 Å². The van der Waals surface area contributed by atoms with Gasteiger partial charge >= 0.3 is 0 Å². The van der Waals surface area contributed by atoms with Gasteiger partial charge in [-0.15, -0.1) is 11.8 Å². The molecule has 5 heteroatoms. The lowest BCUT2D eigenvalue weighted by atomic mass is 10.2. The number of nitrogens with zero attached hydrogens (tertiary/aromatic N) is 1. The Kier molecular flexibility index (Phi) is 7.01. The van der Waals surface area contributed by atoms with E-state index in [4.69, 9.17) is 10.4 Å². The highest BCUT2D eigenvalue weighted by Gasteiger charge is 2.08. The topological polar surface area (TPSA) is 73.1 Å². The van der Waals surface area contributed by atoms with Crippen molar-refractivity contribution in [2.75, 3.05) is 12.4 Å². The molecule has 0 heterocycles. The quantitative estimate of drug-likeness (QED) is 0.796. The van der Waals surface area contributed by atoms with Crippen molar-refractivity contribution in [2.24, 2.45) is 0 Å². The van der Waals surface area contributed by atoms with Crippen LogP contribution < -0.4 is 5.32 Å². The van der Waals surface area contributed by atoms with Gasteiger partial charge in [-0.3, -0.25) is 4.79 Å². The normalized spacial score (nSPS) is 11.6. The minimum atomic E-state index is -0.150. The molecule has 0 bridgehead atoms. The highest BCUT2D eigenvalue weighted by atomic mass is 32.2. The molecule has 102 valence electrons. The molecule has 0 saturated heterocycles. The van der Waals surface area contributed by atoms with Crippen LogP contribution in [0.15, 0.2) is 24.3 Å². The maximum atomic E-state index is 11.6. The summed E-state index contributed by atoms with van der Waals surface area (Å²) in [4.78, 5) is 11.6. The minimum Gasteiger partial charge on any atom is -0.394 e. The van der Waals surface area contributed by atoms with Crippen LogP contribution in [-0.4, -0.2) is 29.4 Å². The minimum absolute atomic E-state index is 0.0253. The third-order valence-electron chi connectivity index (χ3n) is 2.66. The average molecular weight is 278 g/mol. The molecule has 0 aliphatic rings. The van der Waals surface area contributed by atoms with E-state index in [-0.39, 0.29) is 18.6 Å². The van der Waals surface area contributed by atoms with Crippen LogP contribution in [0.4, 0.5) is 0 Å². The number of nitriles is 1. The number of rotatable bonds is 7. The summed E-state index contributed by atoms with van der Waals surface area (Å²) in [6.07, 6.45) is 0.725. The zero-order valence-electron chi connectivity index (χ0n) is 10.9. The third-order valence-corrected chi connectivity index (χ3v) is 3.67. The summed E-state index contributed by atoms with van der Waals surface area (Å²) in [7, 11) is 0. The van der Waals surface area contributed by atoms with Gasteiger partial charge in [0.15, 0.2) is 0 Å². The molecule has 0 fully saturated rings. The van der Waals surface area contributed by atoms with Gasteiger partial charge in [0.25, 0.3) is 0 Å². The monoisotopic (exact) mass is 278 g/mol. The van der Waals surface area contributed by atoms with Crippen LogP contribution in [0.3, 0.4) is 0 Å². The van der Waals surface area contributed by atoms with E-state index in [1.807, 2.05) is 19.1 Å². The van der Waals surface area contributed by atoms with E-state index in [2.05, 4.69) is 11.4 Å². The van der Waals surface area contributed by atoms with Gasteiger partial charge in [-0.25, -0.2) is 0 Å². The molecule has 0 saturated carbocycles. The number of hydrogen-bond donors (Lipinski definition) is 2. The van der Waals surface area contributed by atoms with Crippen LogP contribution in [-0.2, 0) is 10.5 Å². The van der Waals surface area contributed by atoms with Gasteiger partial charge in [0.1, 0.15) is 0 Å². The van der Waals surface area contributed by atoms with Crippen molar-refractivity contribution in [1.29, 1.82) is 5.26 Å². The molecule has 19 heavy (non-hydrogen) atoms. The summed E-state index contributed by atoms with van der Waals surface area (Å²) < 4.78 is 0. The Bertz CT molecular complexity index is 436. The van der Waals surface area contributed by atoms with Crippen molar-refractivity contribution in [2.45, 2.75) is 25.1 Å². The van der Waals surface area contributed by atoms with Gasteiger partial charge in [0.05, 0.1) is 30.0 Å². The molecule has 1 aromatic carbocycles. The number of aliphatic hydroxyl groups excluding tert-OH is 1. The fraction of sp³-hybridized carbons (Fsp3) is 0.429. The molecule has 1 aromatic rings. The molecule has 0 aliphatic carbocycles. The predicted molar refractivity (Wildman–Crippen MR) is 76.6 cm³/mol. The van der Waals surface area contributed by atoms with Gasteiger partial charge in [0, 0.05) is 5.75 Å². The number of hydrogen-bond acceptors (Lipinski definition) is 4. The SMILES string of the molecule is CCC(CO)NC(=O)CSCc1ccc(C#N)cc1. The fourth-order valence-corrected chi connectivity index (χ4v) is 2.28. The number of benzene rings is 1. The number of carbonyl (C=O) groups is 1. The second kappa shape index (κ2) is 8.57.